The van der Waals surface area contributed by atoms with Gasteiger partial charge in [-0.15, -0.1) is 0 Å². The molecule has 190 valence electrons. The summed E-state index contributed by atoms with van der Waals surface area (Å²) in [7, 11) is 0. The molecule has 2 heteroatoms. The molecule has 1 atom stereocenters. The number of hydrogen-bond donors (Lipinski definition) is 1. The molecule has 0 amide bonds. The van der Waals surface area contributed by atoms with Gasteiger partial charge in [-0.2, -0.15) is 0 Å². The number of nitrogens with one attached hydrogen (secondary N) is 1. The van der Waals surface area contributed by atoms with Gasteiger partial charge in [0.25, 0.3) is 0 Å². The highest BCUT2D eigenvalue weighted by Gasteiger charge is 2.20. The lowest BCUT2D eigenvalue weighted by molar-refractivity contribution is 0.664. The number of hydrogen-bond acceptors (Lipinski definition) is 2. The van der Waals surface area contributed by atoms with Gasteiger partial charge in [0, 0.05) is 5.70 Å². The average Bonchev–Trinajstić information content (AvgIpc) is 3.05. The molecule has 1 heterocycles. The molecule has 1 N–H and O–H groups in total. The molecule has 0 spiro atoms. The number of aliphatic imine (C=N–C) groups is 1. The van der Waals surface area contributed by atoms with E-state index in [-0.39, 0.29) is 6.17 Å². The molecule has 0 saturated carbocycles. The van der Waals surface area contributed by atoms with E-state index < -0.39 is 0 Å². The normalized spacial score (nSPS) is 14.8. The van der Waals surface area contributed by atoms with Crippen molar-refractivity contribution in [3.8, 4) is 22.3 Å². The Labute approximate surface area is 235 Å². The SMILES string of the molecule is C1=C(c2cccc(-c3ccccc3)c2)NC(c2ccccc2)N=C1c1ccc(-c2cccc3ccccc23)cc1. The van der Waals surface area contributed by atoms with Gasteiger partial charge in [-0.1, -0.05) is 146 Å². The Morgan fingerprint density at radius 2 is 1.10 bits per heavy atom. The van der Waals surface area contributed by atoms with Crippen LogP contribution in [0.25, 0.3) is 38.7 Å². The van der Waals surface area contributed by atoms with E-state index in [2.05, 4.69) is 157 Å². The van der Waals surface area contributed by atoms with Crippen LogP contribution in [0.1, 0.15) is 22.9 Å². The fourth-order valence-electron chi connectivity index (χ4n) is 5.45. The molecule has 2 nitrogen and oxygen atoms in total. The third kappa shape index (κ3) is 4.72. The van der Waals surface area contributed by atoms with Crippen molar-refractivity contribution in [2.45, 2.75) is 6.17 Å². The van der Waals surface area contributed by atoms with Crippen molar-refractivity contribution in [1.29, 1.82) is 0 Å². The Hall–Kier alpha value is -5.21. The van der Waals surface area contributed by atoms with Gasteiger partial charge in [0.05, 0.1) is 5.71 Å². The lowest BCUT2D eigenvalue weighted by atomic mass is 9.95. The molecule has 1 unspecified atom stereocenters. The Kier molecular flexibility index (Phi) is 6.27. The van der Waals surface area contributed by atoms with E-state index in [1.165, 1.54) is 33.0 Å². The molecule has 1 aliphatic heterocycles. The number of rotatable bonds is 5. The van der Waals surface area contributed by atoms with Crippen molar-refractivity contribution in [2.75, 3.05) is 0 Å². The zero-order valence-corrected chi connectivity index (χ0v) is 22.0. The largest absolute Gasteiger partial charge is 0.360 e. The van der Waals surface area contributed by atoms with E-state index >= 15 is 0 Å². The molecule has 7 rings (SSSR count). The maximum Gasteiger partial charge on any atom is 0.145 e. The zero-order valence-electron chi connectivity index (χ0n) is 22.0. The summed E-state index contributed by atoms with van der Waals surface area (Å²) in [4.78, 5) is 5.16. The van der Waals surface area contributed by atoms with Crippen molar-refractivity contribution in [3.05, 3.63) is 174 Å². The molecular weight excluding hydrogens is 484 g/mol. The first-order chi connectivity index (χ1) is 19.8. The molecule has 40 heavy (non-hydrogen) atoms. The van der Waals surface area contributed by atoms with Gasteiger partial charge < -0.3 is 5.32 Å². The van der Waals surface area contributed by atoms with Gasteiger partial charge in [0.1, 0.15) is 6.17 Å². The number of fused-ring (bicyclic) bond motifs is 1. The molecule has 0 bridgehead atoms. The Morgan fingerprint density at radius 3 is 1.93 bits per heavy atom. The number of benzene rings is 6. The zero-order chi connectivity index (χ0) is 26.7. The van der Waals surface area contributed by atoms with Crippen LogP contribution in [0.2, 0.25) is 0 Å². The van der Waals surface area contributed by atoms with E-state index in [9.17, 15) is 0 Å². The maximum atomic E-state index is 5.16. The predicted octanol–water partition coefficient (Wildman–Crippen LogP) is 9.31. The van der Waals surface area contributed by atoms with Crippen LogP contribution in [0.15, 0.2) is 163 Å². The van der Waals surface area contributed by atoms with Crippen molar-refractivity contribution >= 4 is 22.2 Å². The van der Waals surface area contributed by atoms with Crippen LogP contribution >= 0.6 is 0 Å². The van der Waals surface area contributed by atoms with Gasteiger partial charge in [-0.3, -0.25) is 4.99 Å². The summed E-state index contributed by atoms with van der Waals surface area (Å²) in [5, 5.41) is 6.21. The Balaban J connectivity index is 1.28. The molecule has 6 aromatic carbocycles. The van der Waals surface area contributed by atoms with Crippen molar-refractivity contribution in [3.63, 3.8) is 0 Å². The fourth-order valence-corrected chi connectivity index (χ4v) is 5.45. The standard InChI is InChI=1S/C38H28N2/c1-3-11-27(12-4-1)32-17-9-18-33(25-32)37-26-36(39-38(40-37)31-14-5-2-6-15-31)30-23-21-29(22-24-30)35-20-10-16-28-13-7-8-19-34(28)35/h1-26,38,40H. The van der Waals surface area contributed by atoms with Crippen LogP contribution in [0.3, 0.4) is 0 Å². The summed E-state index contributed by atoms with van der Waals surface area (Å²) in [5.41, 5.74) is 10.3. The van der Waals surface area contributed by atoms with Crippen LogP contribution in [0.4, 0.5) is 0 Å². The van der Waals surface area contributed by atoms with E-state index in [1.807, 2.05) is 6.07 Å². The van der Waals surface area contributed by atoms with Crippen LogP contribution in [-0.2, 0) is 0 Å². The smallest absolute Gasteiger partial charge is 0.145 e. The first-order valence-corrected chi connectivity index (χ1v) is 13.7. The van der Waals surface area contributed by atoms with Gasteiger partial charge in [0.2, 0.25) is 0 Å². The second kappa shape index (κ2) is 10.5. The molecule has 0 aromatic heterocycles. The van der Waals surface area contributed by atoms with Crippen LogP contribution in [-0.4, -0.2) is 5.71 Å². The molecular formula is C38H28N2. The number of allylic oxidation sites excluding steroid dienone is 1. The molecule has 6 aromatic rings. The van der Waals surface area contributed by atoms with E-state index in [0.717, 1.165) is 28.1 Å². The highest BCUT2D eigenvalue weighted by molar-refractivity contribution is 6.13. The lowest BCUT2D eigenvalue weighted by Crippen LogP contribution is -2.24. The summed E-state index contributed by atoms with van der Waals surface area (Å²) in [6, 6.07) is 53.5. The summed E-state index contributed by atoms with van der Waals surface area (Å²) < 4.78 is 0. The third-order valence-electron chi connectivity index (χ3n) is 7.52. The summed E-state index contributed by atoms with van der Waals surface area (Å²) >= 11 is 0. The van der Waals surface area contributed by atoms with Gasteiger partial charge in [-0.05, 0) is 61.9 Å². The molecule has 0 fully saturated rings. The van der Waals surface area contributed by atoms with E-state index in [4.69, 9.17) is 4.99 Å². The van der Waals surface area contributed by atoms with Crippen molar-refractivity contribution in [2.24, 2.45) is 4.99 Å². The van der Waals surface area contributed by atoms with Crippen LogP contribution in [0, 0.1) is 0 Å². The second-order valence-electron chi connectivity index (χ2n) is 10.1. The third-order valence-corrected chi connectivity index (χ3v) is 7.52. The number of nitrogens with zero attached hydrogens (tertiary/aromatic N) is 1. The minimum Gasteiger partial charge on any atom is -0.360 e. The van der Waals surface area contributed by atoms with Crippen molar-refractivity contribution < 1.29 is 0 Å². The van der Waals surface area contributed by atoms with Crippen LogP contribution in [0.5, 0.6) is 0 Å². The molecule has 0 radical (unpaired) electrons. The van der Waals surface area contributed by atoms with E-state index in [0.29, 0.717) is 0 Å². The first kappa shape index (κ1) is 23.9. The van der Waals surface area contributed by atoms with Crippen LogP contribution < -0.4 is 5.32 Å². The molecule has 0 aliphatic carbocycles. The quantitative estimate of drug-likeness (QED) is 0.244. The summed E-state index contributed by atoms with van der Waals surface area (Å²) in [6.45, 7) is 0. The highest BCUT2D eigenvalue weighted by Crippen LogP contribution is 2.31. The fraction of sp³-hybridized carbons (Fsp3) is 0.0263. The lowest BCUT2D eigenvalue weighted by Gasteiger charge is -2.25. The maximum absolute atomic E-state index is 5.16. The minimum absolute atomic E-state index is 0.172. The second-order valence-corrected chi connectivity index (χ2v) is 10.1. The average molecular weight is 513 g/mol. The monoisotopic (exact) mass is 512 g/mol. The summed E-state index contributed by atoms with van der Waals surface area (Å²) in [5.74, 6) is 0. The molecule has 0 saturated heterocycles. The van der Waals surface area contributed by atoms with Crippen molar-refractivity contribution in [1.82, 2.24) is 5.32 Å². The van der Waals surface area contributed by atoms with Gasteiger partial charge >= 0.3 is 0 Å². The van der Waals surface area contributed by atoms with E-state index in [1.54, 1.807) is 0 Å². The minimum atomic E-state index is -0.172. The van der Waals surface area contributed by atoms with Gasteiger partial charge in [0.15, 0.2) is 0 Å². The Morgan fingerprint density at radius 1 is 0.475 bits per heavy atom. The first-order valence-electron chi connectivity index (χ1n) is 13.7. The van der Waals surface area contributed by atoms with Gasteiger partial charge in [-0.25, -0.2) is 0 Å². The summed E-state index contributed by atoms with van der Waals surface area (Å²) in [6.07, 6.45) is 2.01. The highest BCUT2D eigenvalue weighted by atomic mass is 15.1. The predicted molar refractivity (Wildman–Crippen MR) is 168 cm³/mol. The Bertz CT molecular complexity index is 1840. The topological polar surface area (TPSA) is 24.4 Å². The molecule has 1 aliphatic rings.